The van der Waals surface area contributed by atoms with Crippen LogP contribution in [0.1, 0.15) is 41.4 Å². The molecule has 144 valence electrons. The molecule has 0 rings (SSSR count). The van der Waals surface area contributed by atoms with Crippen molar-refractivity contribution in [1.82, 2.24) is 10.6 Å². The molecule has 0 saturated heterocycles. The molecular weight excluding hydrogens is 468 g/mol. The van der Waals surface area contributed by atoms with E-state index in [1.54, 1.807) is 0 Å². The molecule has 27 heavy (non-hydrogen) atoms. The van der Waals surface area contributed by atoms with Gasteiger partial charge in [0, 0.05) is 31.1 Å². The number of unbranched alkanes of at least 4 members (excludes halogenated alkanes) is 1. The summed E-state index contributed by atoms with van der Waals surface area (Å²) in [4.78, 5) is 44.7. The van der Waals surface area contributed by atoms with Crippen LogP contribution in [-0.4, -0.2) is 57.6 Å². The summed E-state index contributed by atoms with van der Waals surface area (Å²) in [6.45, 7) is -0.640. The fourth-order valence-corrected chi connectivity index (χ4v) is 2.72. The summed E-state index contributed by atoms with van der Waals surface area (Å²) in [7, 11) is 0. The minimum atomic E-state index is -1.30. The van der Waals surface area contributed by atoms with E-state index in [0.29, 0.717) is 6.42 Å². The number of rotatable bonds is 13. The van der Waals surface area contributed by atoms with E-state index >= 15 is 0 Å². The number of nitrogens with one attached hydrogen (secondary N) is 2. The van der Waals surface area contributed by atoms with Crippen LogP contribution >= 0.6 is 25.3 Å². The van der Waals surface area contributed by atoms with Crippen LogP contribution in [0.3, 0.4) is 0 Å². The number of aliphatic carboxylic acids is 2. The largest absolute Gasteiger partial charge is 1.00 e. The monoisotopic (exact) mass is 492 g/mol. The first kappa shape index (κ1) is 35.6. The number of carbonyl (C=O) groups excluding carboxylic acids is 2. The molecule has 0 aromatic carbocycles. The van der Waals surface area contributed by atoms with Crippen molar-refractivity contribution in [3.05, 3.63) is 0 Å². The summed E-state index contributed by atoms with van der Waals surface area (Å²) in [5, 5.41) is 21.9. The molecule has 4 N–H and O–H groups in total. The third-order valence-corrected chi connectivity index (χ3v) is 3.87. The van der Waals surface area contributed by atoms with Crippen molar-refractivity contribution in [3.63, 3.8) is 0 Å². The molecule has 0 spiro atoms. The van der Waals surface area contributed by atoms with Gasteiger partial charge in [-0.15, -0.1) is 0 Å². The first-order valence-corrected chi connectivity index (χ1v) is 8.70. The molecule has 2 atom stereocenters. The summed E-state index contributed by atoms with van der Waals surface area (Å²) < 4.78 is 0. The van der Waals surface area contributed by atoms with E-state index in [9.17, 15) is 19.2 Å². The standard InChI is InChI=1S/C14H24N2O6S2.2Na.Zn.2H/c17-11(4-2-1-3-9(24)5-6-23)16-10(7-12(18)19)14(22)15-8-13(20)21;;;;;/h9-10,23-24H,1-8H2,(H,15,22)(H,16,17)(H,18,19)(H,20,21);;;;;/q;2*+1;;2*-1/t9?,10-;;;;;/m0...../s1. The smallest absolute Gasteiger partial charge is 1.00 e. The van der Waals surface area contributed by atoms with Crippen molar-refractivity contribution in [2.45, 2.75) is 49.8 Å². The van der Waals surface area contributed by atoms with Crippen molar-refractivity contribution in [1.29, 1.82) is 0 Å². The summed E-state index contributed by atoms with van der Waals surface area (Å²) in [5.74, 6) is -3.06. The van der Waals surface area contributed by atoms with Gasteiger partial charge in [0.25, 0.3) is 0 Å². The number of amides is 2. The van der Waals surface area contributed by atoms with Gasteiger partial charge in [-0.05, 0) is 25.0 Å². The van der Waals surface area contributed by atoms with Crippen LogP contribution in [0.4, 0.5) is 0 Å². The Morgan fingerprint density at radius 1 is 1.00 bits per heavy atom. The van der Waals surface area contributed by atoms with Crippen molar-refractivity contribution in [2.24, 2.45) is 0 Å². The Hall–Kier alpha value is 1.20. The first-order chi connectivity index (χ1) is 11.3. The zero-order valence-corrected chi connectivity index (χ0v) is 24.7. The van der Waals surface area contributed by atoms with E-state index in [1.165, 1.54) is 0 Å². The zero-order chi connectivity index (χ0) is 18.5. The van der Waals surface area contributed by atoms with Gasteiger partial charge >= 0.3 is 71.1 Å². The topological polar surface area (TPSA) is 133 Å². The maximum Gasteiger partial charge on any atom is 1.00 e. The van der Waals surface area contributed by atoms with E-state index in [4.69, 9.17) is 10.2 Å². The maximum absolute atomic E-state index is 11.8. The summed E-state index contributed by atoms with van der Waals surface area (Å²) >= 11 is 8.49. The summed E-state index contributed by atoms with van der Waals surface area (Å²) in [6.07, 6.45) is 2.63. The van der Waals surface area contributed by atoms with Gasteiger partial charge in [-0.2, -0.15) is 25.3 Å². The van der Waals surface area contributed by atoms with Crippen LogP contribution in [0.25, 0.3) is 0 Å². The van der Waals surface area contributed by atoms with E-state index in [2.05, 4.69) is 35.9 Å². The Kier molecular flexibility index (Phi) is 28.9. The molecule has 0 saturated carbocycles. The molecule has 0 heterocycles. The normalized spacial score (nSPS) is 11.5. The molecular formula is C14H26N2Na2O6S2Zn. The van der Waals surface area contributed by atoms with Gasteiger partial charge in [-0.25, -0.2) is 0 Å². The van der Waals surface area contributed by atoms with E-state index < -0.39 is 42.8 Å². The van der Waals surface area contributed by atoms with Gasteiger partial charge in [0.15, 0.2) is 0 Å². The van der Waals surface area contributed by atoms with Crippen molar-refractivity contribution in [2.75, 3.05) is 12.3 Å². The second-order valence-electron chi connectivity index (χ2n) is 5.24. The van der Waals surface area contributed by atoms with Crippen molar-refractivity contribution in [3.8, 4) is 0 Å². The minimum absolute atomic E-state index is 0. The molecule has 0 bridgehead atoms. The Labute approximate surface area is 230 Å². The Morgan fingerprint density at radius 2 is 1.59 bits per heavy atom. The molecule has 0 aromatic rings. The Morgan fingerprint density at radius 3 is 2.07 bits per heavy atom. The second kappa shape index (κ2) is 21.9. The van der Waals surface area contributed by atoms with Gasteiger partial charge in [0.1, 0.15) is 12.6 Å². The van der Waals surface area contributed by atoms with Crippen LogP contribution in [0.5, 0.6) is 0 Å². The molecule has 13 heteroatoms. The Bertz CT molecular complexity index is 474. The molecule has 0 radical (unpaired) electrons. The predicted molar refractivity (Wildman–Crippen MR) is 96.8 cm³/mol. The van der Waals surface area contributed by atoms with Crippen molar-refractivity contribution >= 4 is 49.0 Å². The average molecular weight is 494 g/mol. The van der Waals surface area contributed by atoms with Crippen molar-refractivity contribution < 1.29 is 111 Å². The number of carbonyl (C=O) groups is 4. The fourth-order valence-electron chi connectivity index (χ4n) is 1.90. The van der Waals surface area contributed by atoms with Crippen LogP contribution in [0, 0.1) is 0 Å². The molecule has 2 amide bonds. The Balaban J connectivity index is -0.000000264. The number of hydrogen-bond donors (Lipinski definition) is 6. The molecule has 1 unspecified atom stereocenters. The number of thiol groups is 2. The quantitative estimate of drug-likeness (QED) is 0.0862. The van der Waals surface area contributed by atoms with Crippen LogP contribution in [0.15, 0.2) is 0 Å². The minimum Gasteiger partial charge on any atom is -1.00 e. The van der Waals surface area contributed by atoms with E-state index in [1.807, 2.05) is 0 Å². The zero-order valence-electron chi connectivity index (χ0n) is 17.9. The van der Waals surface area contributed by atoms with Gasteiger partial charge in [0.05, 0.1) is 6.42 Å². The molecule has 0 aliphatic carbocycles. The van der Waals surface area contributed by atoms with Crippen LogP contribution in [-0.2, 0) is 38.7 Å². The predicted octanol–water partition coefficient (Wildman–Crippen LogP) is -5.44. The van der Waals surface area contributed by atoms with Crippen LogP contribution in [0.2, 0.25) is 0 Å². The van der Waals surface area contributed by atoms with Gasteiger partial charge in [0.2, 0.25) is 11.8 Å². The molecule has 8 nitrogen and oxygen atoms in total. The van der Waals surface area contributed by atoms with Crippen LogP contribution < -0.4 is 69.7 Å². The van der Waals surface area contributed by atoms with E-state index in [0.717, 1.165) is 25.0 Å². The second-order valence-corrected chi connectivity index (χ2v) is 6.42. The number of hydrogen-bond acceptors (Lipinski definition) is 6. The third-order valence-electron chi connectivity index (χ3n) is 3.10. The molecule has 0 fully saturated rings. The summed E-state index contributed by atoms with van der Waals surface area (Å²) in [6, 6.07) is -1.30. The fraction of sp³-hybridized carbons (Fsp3) is 0.714. The van der Waals surface area contributed by atoms with Gasteiger partial charge in [-0.3, -0.25) is 19.2 Å². The maximum atomic E-state index is 11.8. The van der Waals surface area contributed by atoms with Gasteiger partial charge in [-0.1, -0.05) is 6.42 Å². The first-order valence-electron chi connectivity index (χ1n) is 7.55. The summed E-state index contributed by atoms with van der Waals surface area (Å²) in [5.41, 5.74) is 0. The third kappa shape index (κ3) is 21.7. The molecule has 0 aromatic heterocycles. The van der Waals surface area contributed by atoms with Gasteiger partial charge < -0.3 is 23.7 Å². The van der Waals surface area contributed by atoms with E-state index in [-0.39, 0.29) is 93.1 Å². The average Bonchev–Trinajstić information content (AvgIpc) is 2.48. The molecule has 0 aliphatic rings. The SMILES string of the molecule is O=C(O)CNC(=O)[C@H](CC(=O)O)NC(=O)CCCCC(S)CCS.[H-].[H-].[Na+].[Na+].[Zn]. The molecule has 0 aliphatic heterocycles. The number of carboxylic acid groups (broad SMARTS) is 2. The number of carboxylic acids is 2.